The van der Waals surface area contributed by atoms with Gasteiger partial charge in [-0.05, 0) is 55.3 Å². The summed E-state index contributed by atoms with van der Waals surface area (Å²) in [5, 5.41) is 7.62. The highest BCUT2D eigenvalue weighted by atomic mass is 16.5. The molecule has 29 heavy (non-hydrogen) atoms. The standard InChI is InChI=1S/C22H22N4O3/c1-29-22(28)17-9-7-16(8-10-17)21(27)24-12-13-26-20(15-5-6-15)14-19(25-26)18-4-2-3-11-23-18/h2-4,7-11,14-15H,5-6,12-13H2,1H3,(H,24,27). The number of nitrogens with one attached hydrogen (secondary N) is 1. The number of hydrogen-bond acceptors (Lipinski definition) is 5. The Hall–Kier alpha value is -3.48. The SMILES string of the molecule is COC(=O)c1ccc(C(=O)NCCn2nc(-c3ccccn3)cc2C2CC2)cc1. The Labute approximate surface area is 168 Å². The lowest BCUT2D eigenvalue weighted by molar-refractivity contribution is 0.0600. The Morgan fingerprint density at radius 3 is 2.52 bits per heavy atom. The van der Waals surface area contributed by atoms with E-state index in [1.165, 1.54) is 25.6 Å². The molecule has 0 bridgehead atoms. The number of pyridine rings is 1. The zero-order valence-corrected chi connectivity index (χ0v) is 16.2. The van der Waals surface area contributed by atoms with Crippen LogP contribution < -0.4 is 5.32 Å². The lowest BCUT2D eigenvalue weighted by Gasteiger charge is -2.09. The van der Waals surface area contributed by atoms with Crippen LogP contribution in [-0.4, -0.2) is 40.3 Å². The highest BCUT2D eigenvalue weighted by Gasteiger charge is 2.28. The average Bonchev–Trinajstić information content (AvgIpc) is 3.53. The van der Waals surface area contributed by atoms with E-state index in [4.69, 9.17) is 5.10 Å². The molecule has 3 aromatic rings. The van der Waals surface area contributed by atoms with Crippen molar-refractivity contribution in [1.82, 2.24) is 20.1 Å². The first kappa shape index (κ1) is 18.9. The van der Waals surface area contributed by atoms with Gasteiger partial charge in [0.1, 0.15) is 5.69 Å². The van der Waals surface area contributed by atoms with Gasteiger partial charge < -0.3 is 10.1 Å². The Morgan fingerprint density at radius 2 is 1.86 bits per heavy atom. The van der Waals surface area contributed by atoms with Gasteiger partial charge in [-0.2, -0.15) is 5.10 Å². The van der Waals surface area contributed by atoms with E-state index in [1.807, 2.05) is 22.9 Å². The average molecular weight is 390 g/mol. The van der Waals surface area contributed by atoms with Crippen molar-refractivity contribution < 1.29 is 14.3 Å². The summed E-state index contributed by atoms with van der Waals surface area (Å²) < 4.78 is 6.64. The summed E-state index contributed by atoms with van der Waals surface area (Å²) in [5.74, 6) is -0.0695. The maximum absolute atomic E-state index is 12.4. The highest BCUT2D eigenvalue weighted by Crippen LogP contribution is 2.41. The van der Waals surface area contributed by atoms with Crippen LogP contribution in [0.4, 0.5) is 0 Å². The predicted octanol–water partition coefficient (Wildman–Crippen LogP) is 3.04. The van der Waals surface area contributed by atoms with E-state index in [2.05, 4.69) is 21.1 Å². The number of amides is 1. The van der Waals surface area contributed by atoms with Crippen molar-refractivity contribution in [3.05, 3.63) is 71.5 Å². The van der Waals surface area contributed by atoms with Gasteiger partial charge in [-0.3, -0.25) is 14.5 Å². The molecule has 0 unspecified atom stereocenters. The van der Waals surface area contributed by atoms with Crippen molar-refractivity contribution in [3.8, 4) is 11.4 Å². The third-order valence-electron chi connectivity index (χ3n) is 4.91. The first-order valence-electron chi connectivity index (χ1n) is 9.61. The van der Waals surface area contributed by atoms with Crippen molar-refractivity contribution >= 4 is 11.9 Å². The monoisotopic (exact) mass is 390 g/mol. The van der Waals surface area contributed by atoms with E-state index in [-0.39, 0.29) is 5.91 Å². The van der Waals surface area contributed by atoms with Crippen LogP contribution in [0.25, 0.3) is 11.4 Å². The van der Waals surface area contributed by atoms with Gasteiger partial charge in [0.05, 0.1) is 24.9 Å². The van der Waals surface area contributed by atoms with Gasteiger partial charge in [-0.1, -0.05) is 6.07 Å². The molecule has 0 aliphatic heterocycles. The molecule has 148 valence electrons. The zero-order valence-electron chi connectivity index (χ0n) is 16.2. The normalized spacial score (nSPS) is 13.1. The molecular weight excluding hydrogens is 368 g/mol. The Balaban J connectivity index is 1.39. The topological polar surface area (TPSA) is 86.1 Å². The summed E-state index contributed by atoms with van der Waals surface area (Å²) >= 11 is 0. The summed E-state index contributed by atoms with van der Waals surface area (Å²) in [6.45, 7) is 1.05. The van der Waals surface area contributed by atoms with Crippen LogP contribution in [0.1, 0.15) is 45.2 Å². The van der Waals surface area contributed by atoms with Gasteiger partial charge >= 0.3 is 5.97 Å². The van der Waals surface area contributed by atoms with Gasteiger partial charge in [0.25, 0.3) is 5.91 Å². The van der Waals surface area contributed by atoms with Gasteiger partial charge in [-0.15, -0.1) is 0 Å². The minimum Gasteiger partial charge on any atom is -0.465 e. The van der Waals surface area contributed by atoms with Crippen LogP contribution >= 0.6 is 0 Å². The van der Waals surface area contributed by atoms with Crippen LogP contribution in [0.15, 0.2) is 54.7 Å². The van der Waals surface area contributed by atoms with Crippen LogP contribution in [0.5, 0.6) is 0 Å². The van der Waals surface area contributed by atoms with Crippen molar-refractivity contribution in [3.63, 3.8) is 0 Å². The third-order valence-corrected chi connectivity index (χ3v) is 4.91. The lowest BCUT2D eigenvalue weighted by Crippen LogP contribution is -2.28. The summed E-state index contributed by atoms with van der Waals surface area (Å²) in [6.07, 6.45) is 4.11. The number of carbonyl (C=O) groups is 2. The molecule has 1 saturated carbocycles. The quantitative estimate of drug-likeness (QED) is 0.627. The Kier molecular flexibility index (Phi) is 5.37. The molecule has 7 nitrogen and oxygen atoms in total. The number of ether oxygens (including phenoxy) is 1. The van der Waals surface area contributed by atoms with Crippen LogP contribution in [-0.2, 0) is 11.3 Å². The van der Waals surface area contributed by atoms with Crippen molar-refractivity contribution in [2.24, 2.45) is 0 Å². The predicted molar refractivity (Wildman–Crippen MR) is 108 cm³/mol. The summed E-state index contributed by atoms with van der Waals surface area (Å²) in [6, 6.07) is 14.3. The number of carbonyl (C=O) groups excluding carboxylic acids is 2. The first-order valence-corrected chi connectivity index (χ1v) is 9.61. The van der Waals surface area contributed by atoms with E-state index in [0.717, 1.165) is 11.4 Å². The van der Waals surface area contributed by atoms with Crippen molar-refractivity contribution in [2.75, 3.05) is 13.7 Å². The smallest absolute Gasteiger partial charge is 0.337 e. The van der Waals surface area contributed by atoms with Crippen LogP contribution in [0.3, 0.4) is 0 Å². The van der Waals surface area contributed by atoms with E-state index in [9.17, 15) is 9.59 Å². The molecule has 1 aliphatic carbocycles. The number of esters is 1. The fraction of sp³-hybridized carbons (Fsp3) is 0.273. The van der Waals surface area contributed by atoms with Crippen molar-refractivity contribution in [1.29, 1.82) is 0 Å². The maximum Gasteiger partial charge on any atom is 0.337 e. The number of rotatable bonds is 7. The van der Waals surface area contributed by atoms with Crippen LogP contribution in [0.2, 0.25) is 0 Å². The largest absolute Gasteiger partial charge is 0.465 e. The molecule has 0 saturated heterocycles. The molecule has 1 aromatic carbocycles. The second-order valence-corrected chi connectivity index (χ2v) is 6.99. The fourth-order valence-corrected chi connectivity index (χ4v) is 3.21. The van der Waals surface area contributed by atoms with E-state index in [0.29, 0.717) is 30.1 Å². The summed E-state index contributed by atoms with van der Waals surface area (Å²) in [7, 11) is 1.33. The van der Waals surface area contributed by atoms with Gasteiger partial charge in [0, 0.05) is 29.9 Å². The Bertz CT molecular complexity index is 1010. The molecule has 1 amide bonds. The number of methoxy groups -OCH3 is 1. The minimum atomic E-state index is -0.424. The molecule has 2 aromatic heterocycles. The number of aromatic nitrogens is 3. The molecule has 7 heteroatoms. The van der Waals surface area contributed by atoms with E-state index >= 15 is 0 Å². The number of hydrogen-bond donors (Lipinski definition) is 1. The third kappa shape index (κ3) is 4.34. The molecule has 1 fully saturated rings. The first-order chi connectivity index (χ1) is 14.2. The minimum absolute atomic E-state index is 0.188. The van der Waals surface area contributed by atoms with E-state index in [1.54, 1.807) is 30.5 Å². The summed E-state index contributed by atoms with van der Waals surface area (Å²) in [5.41, 5.74) is 3.81. The Morgan fingerprint density at radius 1 is 1.10 bits per heavy atom. The molecule has 0 atom stereocenters. The van der Waals surface area contributed by atoms with Crippen molar-refractivity contribution in [2.45, 2.75) is 25.3 Å². The molecule has 1 aliphatic rings. The fourth-order valence-electron chi connectivity index (χ4n) is 3.21. The summed E-state index contributed by atoms with van der Waals surface area (Å²) in [4.78, 5) is 28.2. The molecular formula is C22H22N4O3. The van der Waals surface area contributed by atoms with Gasteiger partial charge in [-0.25, -0.2) is 4.79 Å². The van der Waals surface area contributed by atoms with E-state index < -0.39 is 5.97 Å². The highest BCUT2D eigenvalue weighted by molar-refractivity contribution is 5.96. The second kappa shape index (κ2) is 8.26. The molecule has 1 N–H and O–H groups in total. The van der Waals surface area contributed by atoms with Gasteiger partial charge in [0.15, 0.2) is 0 Å². The number of nitrogens with zero attached hydrogens (tertiary/aromatic N) is 3. The second-order valence-electron chi connectivity index (χ2n) is 6.99. The molecule has 4 rings (SSSR count). The zero-order chi connectivity index (χ0) is 20.2. The lowest BCUT2D eigenvalue weighted by atomic mass is 10.1. The molecule has 0 radical (unpaired) electrons. The molecule has 2 heterocycles. The van der Waals surface area contributed by atoms with Crippen LogP contribution in [0, 0.1) is 0 Å². The molecule has 0 spiro atoms. The number of benzene rings is 1. The van der Waals surface area contributed by atoms with Gasteiger partial charge in [0.2, 0.25) is 0 Å². The maximum atomic E-state index is 12.4.